The minimum atomic E-state index is -1.19. The second-order valence-corrected chi connectivity index (χ2v) is 3.55. The van der Waals surface area contributed by atoms with Gasteiger partial charge in [0.2, 0.25) is 0 Å². The van der Waals surface area contributed by atoms with E-state index in [1.165, 1.54) is 6.08 Å². The smallest absolute Gasteiger partial charge is 0.321 e. The summed E-state index contributed by atoms with van der Waals surface area (Å²) in [5.74, 6) is -0.843. The molecule has 0 heterocycles. The molecule has 0 amide bonds. The van der Waals surface area contributed by atoms with E-state index < -0.39 is 22.8 Å². The number of rotatable bonds is 5. The molecule has 0 aromatic carbocycles. The minimum absolute atomic E-state index is 0. The summed E-state index contributed by atoms with van der Waals surface area (Å²) in [5, 5.41) is 8.31. The molecule has 0 aromatic rings. The van der Waals surface area contributed by atoms with Crippen LogP contribution in [-0.2, 0) is 15.6 Å². The fraction of sp³-hybridized carbons (Fsp3) is 0.500. The molecule has 1 radical (unpaired) electrons. The number of carboxylic acids is 1. The van der Waals surface area contributed by atoms with Crippen LogP contribution in [0.25, 0.3) is 0 Å². The zero-order valence-corrected chi connectivity index (χ0v) is 7.84. The molecule has 0 rings (SSSR count). The summed E-state index contributed by atoms with van der Waals surface area (Å²) in [4.78, 5) is 10.2. The molecule has 67 valence electrons. The zero-order valence-electron chi connectivity index (χ0n) is 7.03. The number of hydrogen-bond acceptors (Lipinski definition) is 3. The minimum Gasteiger partial charge on any atom is -0.480 e. The molecule has 2 atom stereocenters. The van der Waals surface area contributed by atoms with Crippen LogP contribution < -0.4 is 5.73 Å². The van der Waals surface area contributed by atoms with E-state index in [-0.39, 0.29) is 26.0 Å². The molecule has 0 fully saturated rings. The summed E-state index contributed by atoms with van der Waals surface area (Å²) in [7, 11) is -1.19. The molecule has 6 heteroatoms. The maximum atomic E-state index is 10.9. The molecule has 4 nitrogen and oxygen atoms in total. The zero-order chi connectivity index (χ0) is 8.85. The van der Waals surface area contributed by atoms with Crippen molar-refractivity contribution in [2.45, 2.75) is 6.04 Å². The van der Waals surface area contributed by atoms with Crippen LogP contribution in [0.5, 0.6) is 0 Å². The Kier molecular flexibility index (Phi) is 9.10. The van der Waals surface area contributed by atoms with Gasteiger partial charge in [-0.25, -0.2) is 0 Å². The van der Waals surface area contributed by atoms with E-state index in [1.54, 1.807) is 0 Å². The Labute approximate surface area is 87.3 Å². The monoisotopic (exact) mass is 186 g/mol. The first-order valence-corrected chi connectivity index (χ1v) is 4.51. The van der Waals surface area contributed by atoms with Gasteiger partial charge in [-0.1, -0.05) is 6.08 Å². The van der Waals surface area contributed by atoms with Gasteiger partial charge in [-0.15, -0.1) is 6.58 Å². The normalized spacial score (nSPS) is 14.1. The van der Waals surface area contributed by atoms with Crippen molar-refractivity contribution in [2.24, 2.45) is 5.73 Å². The van der Waals surface area contributed by atoms with Gasteiger partial charge in [0, 0.05) is 42.6 Å². The van der Waals surface area contributed by atoms with Crippen LogP contribution in [0.4, 0.5) is 0 Å². The van der Waals surface area contributed by atoms with E-state index in [9.17, 15) is 9.00 Å². The molecule has 1 unspecified atom stereocenters. The predicted molar refractivity (Wildman–Crippen MR) is 51.6 cm³/mol. The van der Waals surface area contributed by atoms with Crippen molar-refractivity contribution < 1.29 is 15.5 Å². The van der Waals surface area contributed by atoms with E-state index in [0.29, 0.717) is 5.75 Å². The SMILES string of the molecule is C=CCS(=O)C[C@H](N)C(=O)O.[HH].[Li]. The quantitative estimate of drug-likeness (QED) is 0.435. The fourth-order valence-corrected chi connectivity index (χ4v) is 1.41. The first-order valence-electron chi connectivity index (χ1n) is 3.02. The molecule has 0 bridgehead atoms. The molecular weight excluding hydrogens is 173 g/mol. The predicted octanol–water partition coefficient (Wildman–Crippen LogP) is -0.802. The van der Waals surface area contributed by atoms with Crippen LogP contribution in [0.1, 0.15) is 1.43 Å². The number of carboxylic acid groups (broad SMARTS) is 1. The molecule has 0 aromatic heterocycles. The molecule has 3 N–H and O–H groups in total. The Bertz CT molecular complexity index is 191. The van der Waals surface area contributed by atoms with E-state index >= 15 is 0 Å². The van der Waals surface area contributed by atoms with Crippen molar-refractivity contribution in [2.75, 3.05) is 11.5 Å². The van der Waals surface area contributed by atoms with Gasteiger partial charge in [-0.2, -0.15) is 0 Å². The Balaban J connectivity index is -0.000000500. The maximum Gasteiger partial charge on any atom is 0.321 e. The van der Waals surface area contributed by atoms with E-state index in [4.69, 9.17) is 10.8 Å². The molecule has 0 saturated heterocycles. The molecule has 0 aliphatic rings. The van der Waals surface area contributed by atoms with Crippen molar-refractivity contribution in [1.29, 1.82) is 0 Å². The van der Waals surface area contributed by atoms with Gasteiger partial charge in [-0.3, -0.25) is 9.00 Å². The van der Waals surface area contributed by atoms with Gasteiger partial charge < -0.3 is 10.8 Å². The Morgan fingerprint density at radius 2 is 2.33 bits per heavy atom. The van der Waals surface area contributed by atoms with E-state index in [2.05, 4.69) is 6.58 Å². The largest absolute Gasteiger partial charge is 0.480 e. The van der Waals surface area contributed by atoms with Gasteiger partial charge in [-0.05, 0) is 0 Å². The van der Waals surface area contributed by atoms with Gasteiger partial charge in [0.1, 0.15) is 6.04 Å². The van der Waals surface area contributed by atoms with Crippen LogP contribution in [0.3, 0.4) is 0 Å². The third-order valence-electron chi connectivity index (χ3n) is 0.986. The average Bonchev–Trinajstić information content (AvgIpc) is 1.87. The van der Waals surface area contributed by atoms with E-state index in [1.807, 2.05) is 0 Å². The summed E-state index contributed by atoms with van der Waals surface area (Å²) in [5.41, 5.74) is 5.12. The van der Waals surface area contributed by atoms with E-state index in [0.717, 1.165) is 0 Å². The van der Waals surface area contributed by atoms with Crippen LogP contribution in [0.15, 0.2) is 12.7 Å². The summed E-state index contributed by atoms with van der Waals surface area (Å²) in [6.45, 7) is 3.37. The summed E-state index contributed by atoms with van der Waals surface area (Å²) in [6.07, 6.45) is 1.48. The topological polar surface area (TPSA) is 80.4 Å². The second kappa shape index (κ2) is 7.56. The summed E-state index contributed by atoms with van der Waals surface area (Å²) in [6, 6.07) is -1.03. The number of nitrogens with two attached hydrogens (primary N) is 1. The fourth-order valence-electron chi connectivity index (χ4n) is 0.471. The number of carbonyl (C=O) groups is 1. The van der Waals surface area contributed by atoms with Crippen molar-refractivity contribution in [3.63, 3.8) is 0 Å². The number of aliphatic carboxylic acids is 1. The van der Waals surface area contributed by atoms with Crippen molar-refractivity contribution in [1.82, 2.24) is 0 Å². The van der Waals surface area contributed by atoms with Gasteiger partial charge in [0.05, 0.1) is 0 Å². The molecule has 12 heavy (non-hydrogen) atoms. The van der Waals surface area contributed by atoms with Crippen molar-refractivity contribution >= 4 is 35.6 Å². The van der Waals surface area contributed by atoms with Crippen LogP contribution in [0, 0.1) is 0 Å². The molecule has 0 aliphatic heterocycles. The average molecular weight is 186 g/mol. The van der Waals surface area contributed by atoms with Gasteiger partial charge in [0.25, 0.3) is 0 Å². The van der Waals surface area contributed by atoms with Gasteiger partial charge >= 0.3 is 5.97 Å². The first kappa shape index (κ1) is 14.4. The Morgan fingerprint density at radius 3 is 2.67 bits per heavy atom. The van der Waals surface area contributed by atoms with Crippen LogP contribution >= 0.6 is 0 Å². The summed E-state index contributed by atoms with van der Waals surface area (Å²) >= 11 is 0. The van der Waals surface area contributed by atoms with Gasteiger partial charge in [0.15, 0.2) is 0 Å². The molecule has 0 spiro atoms. The third kappa shape index (κ3) is 6.62. The Hall–Kier alpha value is -0.0826. The van der Waals surface area contributed by atoms with Crippen LogP contribution in [0.2, 0.25) is 0 Å². The standard InChI is InChI=1S/C6H11NO3S.Li.H2/c1-2-3-11(10)4-5(7)6(8)9;;/h2,5H,1,3-4,7H2,(H,8,9);;1H/t5-,11?;;/m0../s1. The molecule has 0 saturated carbocycles. The second-order valence-electron chi connectivity index (χ2n) is 2.01. The van der Waals surface area contributed by atoms with Crippen LogP contribution in [-0.4, -0.2) is 51.7 Å². The number of hydrogen-bond donors (Lipinski definition) is 2. The summed E-state index contributed by atoms with van der Waals surface area (Å²) < 4.78 is 10.9. The Morgan fingerprint density at radius 1 is 1.83 bits per heavy atom. The first-order chi connectivity index (χ1) is 5.07. The van der Waals surface area contributed by atoms with Crippen molar-refractivity contribution in [3.05, 3.63) is 12.7 Å². The molecule has 0 aliphatic carbocycles. The third-order valence-corrected chi connectivity index (χ3v) is 2.32. The molecular formula is C6H13LiNO3S. The van der Waals surface area contributed by atoms with Crippen molar-refractivity contribution in [3.8, 4) is 0 Å². The maximum absolute atomic E-state index is 10.9.